The van der Waals surface area contributed by atoms with Crippen molar-refractivity contribution >= 4 is 57.6 Å². The first kappa shape index (κ1) is 20.2. The Morgan fingerprint density at radius 3 is 2.58 bits per heavy atom. The highest BCUT2D eigenvalue weighted by Gasteiger charge is 2.19. The zero-order valence-corrected chi connectivity index (χ0v) is 16.0. The lowest BCUT2D eigenvalue weighted by Crippen LogP contribution is -2.32. The van der Waals surface area contributed by atoms with Gasteiger partial charge in [-0.1, -0.05) is 35.1 Å². The third-order valence-corrected chi connectivity index (χ3v) is 4.06. The van der Waals surface area contributed by atoms with Crippen LogP contribution in [0.1, 0.15) is 22.2 Å². The normalized spacial score (nSPS) is 9.92. The molecule has 1 amide bonds. The molecule has 1 heterocycles. The minimum Gasteiger partial charge on any atom is -0.462 e. The molecule has 1 aromatic carbocycles. The number of anilines is 1. The van der Waals surface area contributed by atoms with Crippen molar-refractivity contribution in [3.05, 3.63) is 44.5 Å². The lowest BCUT2D eigenvalue weighted by molar-refractivity contribution is -0.116. The molecule has 0 radical (unpaired) electrons. The van der Waals surface area contributed by atoms with E-state index in [4.69, 9.17) is 27.5 Å². The van der Waals surface area contributed by atoms with Crippen LogP contribution in [-0.4, -0.2) is 23.2 Å². The quantitative estimate of drug-likeness (QED) is 0.626. The number of ether oxygens (including phenoxy) is 1. The van der Waals surface area contributed by atoms with Crippen LogP contribution in [-0.2, 0) is 16.0 Å². The fraction of sp³-hybridized carbons (Fsp3) is 0.214. The van der Waals surface area contributed by atoms with Crippen molar-refractivity contribution in [3.8, 4) is 0 Å². The van der Waals surface area contributed by atoms with Crippen molar-refractivity contribution in [3.63, 3.8) is 0 Å². The van der Waals surface area contributed by atoms with Crippen LogP contribution >= 0.6 is 39.9 Å². The second-order valence-electron chi connectivity index (χ2n) is 4.52. The van der Waals surface area contributed by atoms with Crippen LogP contribution in [0, 0.1) is 5.41 Å². The van der Waals surface area contributed by atoms with Crippen molar-refractivity contribution in [1.29, 1.82) is 5.41 Å². The van der Waals surface area contributed by atoms with Gasteiger partial charge in [0.05, 0.1) is 13.0 Å². The summed E-state index contributed by atoms with van der Waals surface area (Å²) in [5.74, 6) is -1.01. The molecule has 2 rings (SSSR count). The molecule has 0 aliphatic carbocycles. The Labute approximate surface area is 157 Å². The highest BCUT2D eigenvalue weighted by molar-refractivity contribution is 8.93. The van der Waals surface area contributed by atoms with Gasteiger partial charge in [0, 0.05) is 5.02 Å². The van der Waals surface area contributed by atoms with E-state index in [0.717, 1.165) is 21.6 Å². The van der Waals surface area contributed by atoms with E-state index >= 15 is 0 Å². The van der Waals surface area contributed by atoms with E-state index < -0.39 is 5.97 Å². The number of nitrogen functional groups attached to an aromatic ring is 1. The number of nitrogens with zero attached hydrogens (tertiary/aromatic N) is 1. The first-order valence-electron chi connectivity index (χ1n) is 6.69. The molecule has 0 saturated carbocycles. The number of aromatic nitrogens is 1. The Hall–Kier alpha value is -1.84. The average molecular weight is 436 g/mol. The van der Waals surface area contributed by atoms with Gasteiger partial charge in [-0.25, -0.2) is 9.47 Å². The van der Waals surface area contributed by atoms with Gasteiger partial charge in [-0.3, -0.25) is 15.6 Å². The van der Waals surface area contributed by atoms with Crippen LogP contribution in [0.15, 0.2) is 24.3 Å². The molecule has 0 unspecified atom stereocenters. The zero-order valence-electron chi connectivity index (χ0n) is 12.7. The highest BCUT2D eigenvalue weighted by atomic mass is 79.9. The number of halogens is 2. The van der Waals surface area contributed by atoms with E-state index in [0.29, 0.717) is 5.02 Å². The first-order chi connectivity index (χ1) is 10.9. The minimum atomic E-state index is -0.616. The summed E-state index contributed by atoms with van der Waals surface area (Å²) >= 11 is 6.63. The largest absolute Gasteiger partial charge is 0.462 e. The average Bonchev–Trinajstić information content (AvgIpc) is 2.78. The number of nitrogens with one attached hydrogen (secondary N) is 2. The summed E-state index contributed by atoms with van der Waals surface area (Å²) in [6.45, 7) is 1.87. The predicted octanol–water partition coefficient (Wildman–Crippen LogP) is 2.33. The molecule has 1 aromatic heterocycles. The number of amides is 1. The van der Waals surface area contributed by atoms with Gasteiger partial charge >= 0.3 is 5.97 Å². The van der Waals surface area contributed by atoms with E-state index in [2.05, 4.69) is 5.43 Å². The number of carbonyl (C=O) groups is 2. The molecule has 0 atom stereocenters. The summed E-state index contributed by atoms with van der Waals surface area (Å²) in [5.41, 5.74) is 9.07. The molecule has 4 N–H and O–H groups in total. The molecule has 2 aromatic rings. The Bertz CT molecular complexity index is 788. The van der Waals surface area contributed by atoms with Crippen LogP contribution < -0.4 is 16.0 Å². The number of benzene rings is 1. The Morgan fingerprint density at radius 1 is 1.38 bits per heavy atom. The molecule has 10 heteroatoms. The predicted molar refractivity (Wildman–Crippen MR) is 98.4 cm³/mol. The topological polar surface area (TPSA) is 110 Å². The van der Waals surface area contributed by atoms with Crippen molar-refractivity contribution < 1.29 is 14.3 Å². The number of nitrogens with two attached hydrogens (primary N) is 1. The van der Waals surface area contributed by atoms with Gasteiger partial charge < -0.3 is 10.5 Å². The molecule has 0 bridgehead atoms. The van der Waals surface area contributed by atoms with Gasteiger partial charge in [0.1, 0.15) is 0 Å². The summed E-state index contributed by atoms with van der Waals surface area (Å²) in [4.78, 5) is 23.8. The van der Waals surface area contributed by atoms with Crippen molar-refractivity contribution in [2.24, 2.45) is 0 Å². The highest BCUT2D eigenvalue weighted by Crippen LogP contribution is 2.15. The smallest absolute Gasteiger partial charge is 0.352 e. The molecule has 7 nitrogen and oxygen atoms in total. The van der Waals surface area contributed by atoms with Crippen LogP contribution in [0.3, 0.4) is 0 Å². The molecule has 0 spiro atoms. The Kier molecular flexibility index (Phi) is 7.46. The SMILES string of the molecule is Br.CCOC(=O)c1sc(=N)n(NC(=O)Cc2ccc(Cl)cc2)c1N. The lowest BCUT2D eigenvalue weighted by Gasteiger charge is -2.08. The maximum Gasteiger partial charge on any atom is 0.352 e. The number of esters is 1. The number of hydrogen-bond donors (Lipinski definition) is 3. The van der Waals surface area contributed by atoms with Crippen LogP contribution in [0.2, 0.25) is 5.02 Å². The van der Waals surface area contributed by atoms with Crippen molar-refractivity contribution in [2.45, 2.75) is 13.3 Å². The second-order valence-corrected chi connectivity index (χ2v) is 5.95. The third kappa shape index (κ3) is 4.83. The second kappa shape index (κ2) is 8.86. The van der Waals surface area contributed by atoms with Gasteiger partial charge in [-0.15, -0.1) is 17.0 Å². The van der Waals surface area contributed by atoms with E-state index in [9.17, 15) is 9.59 Å². The summed E-state index contributed by atoms with van der Waals surface area (Å²) in [6, 6.07) is 6.83. The maximum absolute atomic E-state index is 12.1. The van der Waals surface area contributed by atoms with Crippen molar-refractivity contribution in [1.82, 2.24) is 4.68 Å². The summed E-state index contributed by atoms with van der Waals surface area (Å²) in [5, 5.41) is 8.40. The minimum absolute atomic E-state index is 0. The first-order valence-corrected chi connectivity index (χ1v) is 7.89. The fourth-order valence-corrected chi connectivity index (χ4v) is 2.70. The van der Waals surface area contributed by atoms with Crippen molar-refractivity contribution in [2.75, 3.05) is 17.8 Å². The Balaban J connectivity index is 0.00000288. The van der Waals surface area contributed by atoms with E-state index in [1.54, 1.807) is 31.2 Å². The lowest BCUT2D eigenvalue weighted by atomic mass is 10.1. The molecular formula is C14H16BrClN4O3S. The van der Waals surface area contributed by atoms with Gasteiger partial charge in [0.15, 0.2) is 10.7 Å². The van der Waals surface area contributed by atoms with Crippen LogP contribution in [0.25, 0.3) is 0 Å². The number of carbonyl (C=O) groups excluding carboxylic acids is 2. The van der Waals surface area contributed by atoms with Gasteiger partial charge in [-0.2, -0.15) is 0 Å². The molecule has 0 aliphatic heterocycles. The number of thiazole rings is 1. The Morgan fingerprint density at radius 2 is 2.00 bits per heavy atom. The zero-order chi connectivity index (χ0) is 17.0. The van der Waals surface area contributed by atoms with E-state index in [1.165, 1.54) is 0 Å². The maximum atomic E-state index is 12.1. The standard InChI is InChI=1S/C14H15ClN4O3S.BrH/c1-2-22-13(21)11-12(16)19(14(17)23-11)18-10(20)7-8-3-5-9(15)6-4-8;/h3-6,17H,2,7,16H2,1H3,(H,18,20);1H. The van der Waals surface area contributed by atoms with E-state index in [1.807, 2.05) is 0 Å². The van der Waals surface area contributed by atoms with Crippen LogP contribution in [0.5, 0.6) is 0 Å². The third-order valence-electron chi connectivity index (χ3n) is 2.85. The van der Waals surface area contributed by atoms with Gasteiger partial charge in [0.25, 0.3) is 0 Å². The molecule has 0 fully saturated rings. The fourth-order valence-electron chi connectivity index (χ4n) is 1.81. The number of hydrogen-bond acceptors (Lipinski definition) is 6. The molecule has 130 valence electrons. The summed E-state index contributed by atoms with van der Waals surface area (Å²) in [7, 11) is 0. The van der Waals surface area contributed by atoms with Gasteiger partial charge in [-0.05, 0) is 24.6 Å². The summed E-state index contributed by atoms with van der Waals surface area (Å²) in [6.07, 6.45) is 0.0909. The summed E-state index contributed by atoms with van der Waals surface area (Å²) < 4.78 is 5.92. The van der Waals surface area contributed by atoms with Gasteiger partial charge in [0.2, 0.25) is 10.7 Å². The molecule has 0 saturated heterocycles. The molecule has 24 heavy (non-hydrogen) atoms. The van der Waals surface area contributed by atoms with Crippen LogP contribution in [0.4, 0.5) is 5.82 Å². The number of rotatable bonds is 5. The monoisotopic (exact) mass is 434 g/mol. The molecule has 0 aliphatic rings. The molecular weight excluding hydrogens is 420 g/mol. The van der Waals surface area contributed by atoms with E-state index in [-0.39, 0.29) is 51.4 Å².